The molecular weight excluding hydrogens is 392 g/mol. The van der Waals surface area contributed by atoms with Crippen molar-refractivity contribution in [1.29, 1.82) is 0 Å². The first-order valence-corrected chi connectivity index (χ1v) is 10.9. The van der Waals surface area contributed by atoms with Gasteiger partial charge in [0.1, 0.15) is 11.6 Å². The predicted octanol–water partition coefficient (Wildman–Crippen LogP) is 2.49. The first kappa shape index (κ1) is 21.2. The highest BCUT2D eigenvalue weighted by atomic mass is 16.5. The first-order valence-electron chi connectivity index (χ1n) is 10.9. The van der Waals surface area contributed by atoms with Crippen molar-refractivity contribution in [1.82, 2.24) is 14.8 Å². The number of piperazine rings is 1. The summed E-state index contributed by atoms with van der Waals surface area (Å²) in [4.78, 5) is 36.3. The van der Waals surface area contributed by atoms with Gasteiger partial charge < -0.3 is 19.4 Å². The summed E-state index contributed by atoms with van der Waals surface area (Å²) in [5, 5.41) is 0. The summed E-state index contributed by atoms with van der Waals surface area (Å²) in [6, 6.07) is 13.8. The maximum absolute atomic E-state index is 13.2. The molecular formula is C24H30N4O3. The second kappa shape index (κ2) is 9.37. The smallest absolute Gasteiger partial charge is 0.227 e. The predicted molar refractivity (Wildman–Crippen MR) is 119 cm³/mol. The van der Waals surface area contributed by atoms with Gasteiger partial charge in [-0.1, -0.05) is 18.2 Å². The molecule has 0 saturated carbocycles. The van der Waals surface area contributed by atoms with Crippen LogP contribution in [0.25, 0.3) is 0 Å². The fourth-order valence-electron chi connectivity index (χ4n) is 4.38. The fourth-order valence-corrected chi connectivity index (χ4v) is 4.38. The van der Waals surface area contributed by atoms with Crippen molar-refractivity contribution in [2.24, 2.45) is 5.92 Å². The molecule has 0 bridgehead atoms. The molecule has 0 spiro atoms. The van der Waals surface area contributed by atoms with Gasteiger partial charge in [0.25, 0.3) is 0 Å². The molecule has 7 nitrogen and oxygen atoms in total. The second-order valence-corrected chi connectivity index (χ2v) is 8.31. The number of methoxy groups -OCH3 is 1. The highest BCUT2D eigenvalue weighted by molar-refractivity contribution is 5.84. The standard InChI is InChI=1S/C24H30N4O3/c1-18-5-3-8-22(25-18)26-11-13-27(14-12-26)24(30)20-9-10-23(29)28(17-20)16-19-6-4-7-21(15-19)31-2/h3-8,15,20H,9-14,16-17H2,1-2H3. The van der Waals surface area contributed by atoms with Crippen LogP contribution in [0.3, 0.4) is 0 Å². The van der Waals surface area contributed by atoms with Crippen LogP contribution in [0, 0.1) is 12.8 Å². The average Bonchev–Trinajstić information content (AvgIpc) is 2.80. The van der Waals surface area contributed by atoms with E-state index in [1.165, 1.54) is 0 Å². The Labute approximate surface area is 183 Å². The van der Waals surface area contributed by atoms with Gasteiger partial charge in [0, 0.05) is 51.4 Å². The van der Waals surface area contributed by atoms with Crippen LogP contribution in [-0.4, -0.2) is 66.4 Å². The van der Waals surface area contributed by atoms with E-state index in [4.69, 9.17) is 4.74 Å². The monoisotopic (exact) mass is 422 g/mol. The van der Waals surface area contributed by atoms with Crippen molar-refractivity contribution in [3.8, 4) is 5.75 Å². The lowest BCUT2D eigenvalue weighted by Crippen LogP contribution is -2.53. The molecule has 1 unspecified atom stereocenters. The Hall–Kier alpha value is -3.09. The number of piperidine rings is 1. The third-order valence-corrected chi connectivity index (χ3v) is 6.15. The Morgan fingerprint density at radius 2 is 1.90 bits per heavy atom. The van der Waals surface area contributed by atoms with E-state index in [2.05, 4.69) is 9.88 Å². The van der Waals surface area contributed by atoms with Crippen molar-refractivity contribution in [3.05, 3.63) is 53.7 Å². The van der Waals surface area contributed by atoms with Gasteiger partial charge in [-0.2, -0.15) is 0 Å². The molecule has 2 aromatic rings. The van der Waals surface area contributed by atoms with Crippen LogP contribution in [0.4, 0.5) is 5.82 Å². The van der Waals surface area contributed by atoms with E-state index < -0.39 is 0 Å². The molecule has 31 heavy (non-hydrogen) atoms. The van der Waals surface area contributed by atoms with Crippen molar-refractivity contribution in [2.45, 2.75) is 26.3 Å². The molecule has 7 heteroatoms. The number of benzene rings is 1. The molecule has 1 aromatic carbocycles. The zero-order valence-electron chi connectivity index (χ0n) is 18.3. The second-order valence-electron chi connectivity index (χ2n) is 8.31. The van der Waals surface area contributed by atoms with Crippen LogP contribution in [0.1, 0.15) is 24.1 Å². The minimum Gasteiger partial charge on any atom is -0.497 e. The minimum atomic E-state index is -0.132. The van der Waals surface area contributed by atoms with Crippen LogP contribution >= 0.6 is 0 Å². The normalized spacial score (nSPS) is 19.5. The van der Waals surface area contributed by atoms with Gasteiger partial charge in [0.2, 0.25) is 11.8 Å². The number of aromatic nitrogens is 1. The van der Waals surface area contributed by atoms with E-state index in [9.17, 15) is 9.59 Å². The quantitative estimate of drug-likeness (QED) is 0.741. The lowest BCUT2D eigenvalue weighted by molar-refractivity contribution is -0.143. The zero-order chi connectivity index (χ0) is 21.8. The fraction of sp³-hybridized carbons (Fsp3) is 0.458. The molecule has 1 atom stereocenters. The lowest BCUT2D eigenvalue weighted by atomic mass is 9.95. The van der Waals surface area contributed by atoms with E-state index in [1.54, 1.807) is 7.11 Å². The molecule has 164 valence electrons. The maximum Gasteiger partial charge on any atom is 0.227 e. The Kier molecular flexibility index (Phi) is 6.39. The number of pyridine rings is 1. The number of likely N-dealkylation sites (tertiary alicyclic amines) is 1. The van der Waals surface area contributed by atoms with E-state index in [-0.39, 0.29) is 17.7 Å². The topological polar surface area (TPSA) is 66.0 Å². The number of hydrogen-bond acceptors (Lipinski definition) is 5. The summed E-state index contributed by atoms with van der Waals surface area (Å²) < 4.78 is 5.28. The summed E-state index contributed by atoms with van der Waals surface area (Å²) in [5.41, 5.74) is 2.01. The summed E-state index contributed by atoms with van der Waals surface area (Å²) in [6.45, 7) is 5.92. The van der Waals surface area contributed by atoms with Gasteiger partial charge in [-0.3, -0.25) is 9.59 Å². The van der Waals surface area contributed by atoms with Gasteiger partial charge in [0.15, 0.2) is 0 Å². The van der Waals surface area contributed by atoms with E-state index in [1.807, 2.05) is 59.2 Å². The number of carbonyl (C=O) groups excluding carboxylic acids is 2. The number of nitrogens with zero attached hydrogens (tertiary/aromatic N) is 4. The van der Waals surface area contributed by atoms with E-state index >= 15 is 0 Å². The summed E-state index contributed by atoms with van der Waals surface area (Å²) >= 11 is 0. The molecule has 1 aromatic heterocycles. The number of rotatable bonds is 5. The van der Waals surface area contributed by atoms with Crippen LogP contribution < -0.4 is 9.64 Å². The lowest BCUT2D eigenvalue weighted by Gasteiger charge is -2.39. The average molecular weight is 423 g/mol. The molecule has 2 aliphatic rings. The third-order valence-electron chi connectivity index (χ3n) is 6.15. The molecule has 0 N–H and O–H groups in total. The van der Waals surface area contributed by atoms with Gasteiger partial charge in [-0.05, 0) is 43.2 Å². The first-order chi connectivity index (χ1) is 15.0. The number of anilines is 1. The molecule has 4 rings (SSSR count). The molecule has 0 radical (unpaired) electrons. The highest BCUT2D eigenvalue weighted by Gasteiger charge is 2.34. The number of carbonyl (C=O) groups is 2. The molecule has 2 saturated heterocycles. The Morgan fingerprint density at radius 1 is 1.13 bits per heavy atom. The van der Waals surface area contributed by atoms with E-state index in [0.717, 1.165) is 35.9 Å². The SMILES string of the molecule is COc1cccc(CN2CC(C(=O)N3CCN(c4cccc(C)n4)CC3)CCC2=O)c1. The Balaban J connectivity index is 1.35. The van der Waals surface area contributed by atoms with Crippen molar-refractivity contribution >= 4 is 17.6 Å². The van der Waals surface area contributed by atoms with Gasteiger partial charge in [-0.25, -0.2) is 4.98 Å². The summed E-state index contributed by atoms with van der Waals surface area (Å²) in [5.74, 6) is 1.89. The number of aryl methyl sites for hydroxylation is 1. The summed E-state index contributed by atoms with van der Waals surface area (Å²) in [6.07, 6.45) is 1.06. The van der Waals surface area contributed by atoms with E-state index in [0.29, 0.717) is 39.0 Å². The molecule has 2 amide bonds. The third kappa shape index (κ3) is 4.98. The number of hydrogen-bond donors (Lipinski definition) is 0. The van der Waals surface area contributed by atoms with Crippen LogP contribution in [0.5, 0.6) is 5.75 Å². The van der Waals surface area contributed by atoms with Gasteiger partial charge in [0.05, 0.1) is 13.0 Å². The van der Waals surface area contributed by atoms with Gasteiger partial charge in [-0.15, -0.1) is 0 Å². The number of amides is 2. The largest absolute Gasteiger partial charge is 0.497 e. The maximum atomic E-state index is 13.2. The van der Waals surface area contributed by atoms with Crippen LogP contribution in [0.15, 0.2) is 42.5 Å². The molecule has 0 aliphatic carbocycles. The van der Waals surface area contributed by atoms with Crippen LogP contribution in [-0.2, 0) is 16.1 Å². The van der Waals surface area contributed by atoms with Crippen LogP contribution in [0.2, 0.25) is 0 Å². The Morgan fingerprint density at radius 3 is 2.65 bits per heavy atom. The molecule has 2 fully saturated rings. The highest BCUT2D eigenvalue weighted by Crippen LogP contribution is 2.24. The van der Waals surface area contributed by atoms with Crippen molar-refractivity contribution in [3.63, 3.8) is 0 Å². The Bertz CT molecular complexity index is 940. The van der Waals surface area contributed by atoms with Gasteiger partial charge >= 0.3 is 0 Å². The molecule has 3 heterocycles. The minimum absolute atomic E-state index is 0.113. The molecule has 2 aliphatic heterocycles. The zero-order valence-corrected chi connectivity index (χ0v) is 18.3. The van der Waals surface area contributed by atoms with Crippen molar-refractivity contribution < 1.29 is 14.3 Å². The van der Waals surface area contributed by atoms with Crippen molar-refractivity contribution in [2.75, 3.05) is 44.7 Å². The number of ether oxygens (including phenoxy) is 1. The summed E-state index contributed by atoms with van der Waals surface area (Å²) in [7, 11) is 1.63.